The number of halogens is 1. The Morgan fingerprint density at radius 3 is 2.62 bits per heavy atom. The Kier molecular flexibility index (Phi) is 5.70. The number of rotatable bonds is 3. The number of hydrogen-bond acceptors (Lipinski definition) is 4. The summed E-state index contributed by atoms with van der Waals surface area (Å²) in [6.07, 6.45) is 5.34. The monoisotopic (exact) mass is 505 g/mol. The highest BCUT2D eigenvalue weighted by Gasteiger charge is 2.46. The van der Waals surface area contributed by atoms with Crippen molar-refractivity contribution in [2.45, 2.75) is 71.3 Å². The fourth-order valence-corrected chi connectivity index (χ4v) is 5.62. The van der Waals surface area contributed by atoms with Gasteiger partial charge in [0.2, 0.25) is 0 Å². The Balaban J connectivity index is 1.78. The maximum atomic E-state index is 13.3. The van der Waals surface area contributed by atoms with E-state index in [4.69, 9.17) is 9.73 Å². The lowest BCUT2D eigenvalue weighted by atomic mass is 9.67. The van der Waals surface area contributed by atoms with Crippen LogP contribution in [0.15, 0.2) is 40.5 Å². The molecule has 0 N–H and O–H groups in total. The van der Waals surface area contributed by atoms with Crippen molar-refractivity contribution < 1.29 is 14.3 Å². The summed E-state index contributed by atoms with van der Waals surface area (Å²) in [5, 5.41) is 0. The standard InChI is InChI=1S/C24H28INO3/c1-14-20(23(28)29-17-9-4-5-10-17)21(15-7-6-8-16(25)11-15)22-18(26-14)12-24(2,3)13-19(22)27/h6-8,11,17,20-21H,4-5,9-10,12-13H2,1-3H3/t20?,21-/m0/s1. The van der Waals surface area contributed by atoms with Gasteiger partial charge in [0.15, 0.2) is 5.78 Å². The normalized spacial score (nSPS) is 26.9. The number of Topliss-reactive ketones (excluding diaryl/α,β-unsaturated/α-hetero) is 1. The summed E-state index contributed by atoms with van der Waals surface area (Å²) >= 11 is 2.28. The summed E-state index contributed by atoms with van der Waals surface area (Å²) in [5.41, 5.74) is 3.25. The van der Waals surface area contributed by atoms with E-state index in [0.29, 0.717) is 6.42 Å². The van der Waals surface area contributed by atoms with Crippen molar-refractivity contribution in [1.29, 1.82) is 0 Å². The van der Waals surface area contributed by atoms with Gasteiger partial charge in [-0.05, 0) is 84.7 Å². The predicted molar refractivity (Wildman–Crippen MR) is 122 cm³/mol. The van der Waals surface area contributed by atoms with E-state index >= 15 is 0 Å². The van der Waals surface area contributed by atoms with Crippen LogP contribution >= 0.6 is 22.6 Å². The lowest BCUT2D eigenvalue weighted by Gasteiger charge is -2.39. The van der Waals surface area contributed by atoms with Crippen molar-refractivity contribution in [2.75, 3.05) is 0 Å². The smallest absolute Gasteiger partial charge is 0.315 e. The second kappa shape index (κ2) is 7.97. The number of benzene rings is 1. The SMILES string of the molecule is CC1=NC2=C(C(=O)CC(C)(C)C2)[C@@H](c2cccc(I)c2)C1C(=O)OC1CCCC1. The van der Waals surface area contributed by atoms with Crippen LogP contribution in [0.5, 0.6) is 0 Å². The molecule has 0 bridgehead atoms. The number of nitrogens with zero attached hydrogens (tertiary/aromatic N) is 1. The molecule has 1 heterocycles. The lowest BCUT2D eigenvalue weighted by molar-refractivity contribution is -0.151. The first-order valence-corrected chi connectivity index (χ1v) is 11.6. The minimum absolute atomic E-state index is 0.00299. The molecule has 2 atom stereocenters. The lowest BCUT2D eigenvalue weighted by Crippen LogP contribution is -2.40. The molecule has 0 aromatic heterocycles. The summed E-state index contributed by atoms with van der Waals surface area (Å²) in [6.45, 7) is 6.14. The van der Waals surface area contributed by atoms with Gasteiger partial charge < -0.3 is 4.74 Å². The molecule has 1 unspecified atom stereocenters. The molecule has 0 saturated heterocycles. The highest BCUT2D eigenvalue weighted by molar-refractivity contribution is 14.1. The number of carbonyl (C=O) groups excluding carboxylic acids is 2. The van der Waals surface area contributed by atoms with E-state index in [9.17, 15) is 9.59 Å². The zero-order valence-corrected chi connectivity index (χ0v) is 19.5. The van der Waals surface area contributed by atoms with Crippen LogP contribution in [0, 0.1) is 14.9 Å². The highest BCUT2D eigenvalue weighted by Crippen LogP contribution is 2.48. The highest BCUT2D eigenvalue weighted by atomic mass is 127. The van der Waals surface area contributed by atoms with Gasteiger partial charge in [0.1, 0.15) is 12.0 Å². The molecule has 29 heavy (non-hydrogen) atoms. The van der Waals surface area contributed by atoms with Crippen LogP contribution in [0.1, 0.15) is 70.8 Å². The molecule has 1 fully saturated rings. The maximum absolute atomic E-state index is 13.3. The van der Waals surface area contributed by atoms with Gasteiger partial charge in [0.25, 0.3) is 0 Å². The molecule has 4 nitrogen and oxygen atoms in total. The van der Waals surface area contributed by atoms with Crippen LogP contribution < -0.4 is 0 Å². The third kappa shape index (κ3) is 4.21. The number of allylic oxidation sites excluding steroid dienone is 2. The minimum Gasteiger partial charge on any atom is -0.462 e. The third-order valence-electron chi connectivity index (χ3n) is 6.35. The van der Waals surface area contributed by atoms with Crippen molar-refractivity contribution in [1.82, 2.24) is 0 Å². The Labute approximate surface area is 186 Å². The number of esters is 1. The van der Waals surface area contributed by atoms with Crippen molar-refractivity contribution >= 4 is 40.1 Å². The predicted octanol–water partition coefficient (Wildman–Crippen LogP) is 5.59. The molecule has 0 radical (unpaired) electrons. The molecule has 1 aliphatic heterocycles. The molecule has 4 rings (SSSR count). The number of ketones is 1. The van der Waals surface area contributed by atoms with Gasteiger partial charge >= 0.3 is 5.97 Å². The Morgan fingerprint density at radius 1 is 1.21 bits per heavy atom. The third-order valence-corrected chi connectivity index (χ3v) is 7.02. The Hall–Kier alpha value is -1.50. The summed E-state index contributed by atoms with van der Waals surface area (Å²) in [6, 6.07) is 8.13. The fourth-order valence-electron chi connectivity index (χ4n) is 5.05. The molecule has 1 aromatic rings. The number of ether oxygens (including phenoxy) is 1. The molecular formula is C24H28INO3. The second-order valence-electron chi connectivity index (χ2n) is 9.41. The van der Waals surface area contributed by atoms with E-state index in [0.717, 1.165) is 58.2 Å². The topological polar surface area (TPSA) is 55.7 Å². The Bertz CT molecular complexity index is 908. The van der Waals surface area contributed by atoms with Gasteiger partial charge in [-0.15, -0.1) is 0 Å². The zero-order chi connectivity index (χ0) is 20.8. The van der Waals surface area contributed by atoms with Crippen LogP contribution in [0.3, 0.4) is 0 Å². The van der Waals surface area contributed by atoms with Gasteiger partial charge in [-0.25, -0.2) is 0 Å². The summed E-state index contributed by atoms with van der Waals surface area (Å²) < 4.78 is 7.00. The molecule has 154 valence electrons. The molecule has 5 heteroatoms. The van der Waals surface area contributed by atoms with E-state index in [2.05, 4.69) is 42.5 Å². The van der Waals surface area contributed by atoms with Crippen LogP contribution in [0.4, 0.5) is 0 Å². The molecular weight excluding hydrogens is 477 g/mol. The first kappa shape index (κ1) is 20.8. The van der Waals surface area contributed by atoms with Gasteiger partial charge in [-0.2, -0.15) is 0 Å². The number of carbonyl (C=O) groups is 2. The largest absolute Gasteiger partial charge is 0.462 e. The van der Waals surface area contributed by atoms with Crippen LogP contribution in [-0.4, -0.2) is 23.6 Å². The number of hydrogen-bond donors (Lipinski definition) is 0. The van der Waals surface area contributed by atoms with E-state index in [1.807, 2.05) is 25.1 Å². The maximum Gasteiger partial charge on any atom is 0.315 e. The fraction of sp³-hybridized carbons (Fsp3) is 0.542. The van der Waals surface area contributed by atoms with Crippen LogP contribution in [0.25, 0.3) is 0 Å². The molecule has 0 amide bonds. The minimum atomic E-state index is -0.530. The van der Waals surface area contributed by atoms with E-state index in [1.165, 1.54) is 0 Å². The van der Waals surface area contributed by atoms with Gasteiger partial charge in [0, 0.05) is 32.9 Å². The second-order valence-corrected chi connectivity index (χ2v) is 10.7. The van der Waals surface area contributed by atoms with E-state index in [1.54, 1.807) is 0 Å². The average Bonchev–Trinajstić information content (AvgIpc) is 3.12. The van der Waals surface area contributed by atoms with Crippen molar-refractivity contribution in [3.8, 4) is 0 Å². The van der Waals surface area contributed by atoms with Crippen molar-refractivity contribution in [2.24, 2.45) is 16.3 Å². The zero-order valence-electron chi connectivity index (χ0n) is 17.3. The van der Waals surface area contributed by atoms with Crippen LogP contribution in [0.2, 0.25) is 0 Å². The van der Waals surface area contributed by atoms with Gasteiger partial charge in [-0.1, -0.05) is 26.0 Å². The van der Waals surface area contributed by atoms with Crippen molar-refractivity contribution in [3.63, 3.8) is 0 Å². The molecule has 2 aliphatic carbocycles. The van der Waals surface area contributed by atoms with E-state index < -0.39 is 5.92 Å². The van der Waals surface area contributed by atoms with Crippen LogP contribution in [-0.2, 0) is 14.3 Å². The van der Waals surface area contributed by atoms with Crippen molar-refractivity contribution in [3.05, 3.63) is 44.7 Å². The first-order chi connectivity index (χ1) is 13.7. The first-order valence-electron chi connectivity index (χ1n) is 10.5. The molecule has 1 saturated carbocycles. The summed E-state index contributed by atoms with van der Waals surface area (Å²) in [4.78, 5) is 31.4. The number of aliphatic imine (C=N–C) groups is 1. The quantitative estimate of drug-likeness (QED) is 0.397. The van der Waals surface area contributed by atoms with Gasteiger partial charge in [-0.3, -0.25) is 14.6 Å². The molecule has 0 spiro atoms. The molecule has 3 aliphatic rings. The Morgan fingerprint density at radius 2 is 1.93 bits per heavy atom. The summed E-state index contributed by atoms with van der Waals surface area (Å²) in [7, 11) is 0. The molecule has 1 aromatic carbocycles. The van der Waals surface area contributed by atoms with E-state index in [-0.39, 0.29) is 29.2 Å². The summed E-state index contributed by atoms with van der Waals surface area (Å²) in [5.74, 6) is -0.950. The van der Waals surface area contributed by atoms with Gasteiger partial charge in [0.05, 0.1) is 0 Å². The average molecular weight is 505 g/mol.